The normalized spacial score (nSPS) is 12.9. The van der Waals surface area contributed by atoms with E-state index in [1.54, 1.807) is 36.4 Å². The number of carbonyl (C=O) groups is 3. The first-order valence-corrected chi connectivity index (χ1v) is 8.44. The number of hydrogen-bond acceptors (Lipinski definition) is 6. The monoisotopic (exact) mass is 379 g/mol. The lowest BCUT2D eigenvalue weighted by Gasteiger charge is -2.17. The van der Waals surface area contributed by atoms with Crippen molar-refractivity contribution in [2.24, 2.45) is 16.5 Å². The number of pyridine rings is 1. The Labute approximate surface area is 162 Å². The molecule has 1 unspecified atom stereocenters. The van der Waals surface area contributed by atoms with Gasteiger partial charge in [-0.25, -0.2) is 0 Å². The molecule has 1 aromatic heterocycles. The van der Waals surface area contributed by atoms with Gasteiger partial charge in [0, 0.05) is 37.6 Å². The van der Waals surface area contributed by atoms with Gasteiger partial charge in [0.05, 0.1) is 11.3 Å². The van der Waals surface area contributed by atoms with Gasteiger partial charge >= 0.3 is 0 Å². The zero-order valence-electron chi connectivity index (χ0n) is 15.3. The standard InChI is InChI=1S/C20H21N5O3/c1-23-12-15(17(21)14-7-9-24-10-8-14)20(28)25-16(18(26)19(22)27)11-13-5-3-2-4-6-13/h2-10,12,16H,11,21H2,1H3,(H2,22,27)(H,25,28). The number of amides is 2. The van der Waals surface area contributed by atoms with Crippen molar-refractivity contribution in [3.63, 3.8) is 0 Å². The second kappa shape index (κ2) is 9.77. The van der Waals surface area contributed by atoms with E-state index in [1.807, 2.05) is 6.07 Å². The van der Waals surface area contributed by atoms with Gasteiger partial charge < -0.3 is 16.8 Å². The first-order chi connectivity index (χ1) is 13.4. The third-order valence-electron chi connectivity index (χ3n) is 3.93. The van der Waals surface area contributed by atoms with Crippen LogP contribution in [0.1, 0.15) is 11.1 Å². The van der Waals surface area contributed by atoms with Crippen LogP contribution in [0.4, 0.5) is 0 Å². The minimum Gasteiger partial charge on any atom is -0.398 e. The molecule has 2 aromatic rings. The summed E-state index contributed by atoms with van der Waals surface area (Å²) in [7, 11) is 1.49. The average molecular weight is 379 g/mol. The summed E-state index contributed by atoms with van der Waals surface area (Å²) in [6.07, 6.45) is 4.48. The maximum atomic E-state index is 12.8. The molecule has 0 bridgehead atoms. The largest absolute Gasteiger partial charge is 0.398 e. The Morgan fingerprint density at radius 1 is 1.11 bits per heavy atom. The number of ketones is 1. The van der Waals surface area contributed by atoms with Gasteiger partial charge in [-0.1, -0.05) is 30.3 Å². The van der Waals surface area contributed by atoms with Crippen molar-refractivity contribution in [1.29, 1.82) is 0 Å². The van der Waals surface area contributed by atoms with Crippen LogP contribution in [0.5, 0.6) is 0 Å². The average Bonchev–Trinajstić information content (AvgIpc) is 2.71. The summed E-state index contributed by atoms with van der Waals surface area (Å²) in [6.45, 7) is 0. The first-order valence-electron chi connectivity index (χ1n) is 8.44. The summed E-state index contributed by atoms with van der Waals surface area (Å²) in [5, 5.41) is 2.55. The molecule has 0 saturated carbocycles. The highest BCUT2D eigenvalue weighted by Gasteiger charge is 2.27. The van der Waals surface area contributed by atoms with Gasteiger partial charge in [0.15, 0.2) is 0 Å². The number of primary amides is 1. The predicted octanol–water partition coefficient (Wildman–Crippen LogP) is 0.234. The third kappa shape index (κ3) is 5.34. The Morgan fingerprint density at radius 2 is 1.75 bits per heavy atom. The first kappa shape index (κ1) is 20.5. The molecular weight excluding hydrogens is 358 g/mol. The number of Topliss-reactive ketones (excluding diaryl/α,β-unsaturated/α-hetero) is 1. The molecule has 0 spiro atoms. The van der Waals surface area contributed by atoms with E-state index in [0.717, 1.165) is 5.56 Å². The zero-order chi connectivity index (χ0) is 20.5. The molecule has 0 radical (unpaired) electrons. The molecule has 0 saturated heterocycles. The molecule has 1 heterocycles. The topological polar surface area (TPSA) is 141 Å². The Balaban J connectivity index is 2.33. The molecule has 0 aliphatic carbocycles. The van der Waals surface area contributed by atoms with Gasteiger partial charge in [-0.15, -0.1) is 0 Å². The molecule has 144 valence electrons. The van der Waals surface area contributed by atoms with Crippen LogP contribution in [-0.2, 0) is 20.8 Å². The summed E-state index contributed by atoms with van der Waals surface area (Å²) >= 11 is 0. The van der Waals surface area contributed by atoms with E-state index in [9.17, 15) is 14.4 Å². The molecular formula is C20H21N5O3. The molecule has 8 nitrogen and oxygen atoms in total. The second-order valence-electron chi connectivity index (χ2n) is 5.89. The number of nitrogens with one attached hydrogen (secondary N) is 1. The Morgan fingerprint density at radius 3 is 2.32 bits per heavy atom. The van der Waals surface area contributed by atoms with Gasteiger partial charge in [0.2, 0.25) is 5.78 Å². The Hall–Kier alpha value is -3.81. The van der Waals surface area contributed by atoms with Gasteiger partial charge in [-0.05, 0) is 17.7 Å². The van der Waals surface area contributed by atoms with Crippen LogP contribution in [-0.4, -0.2) is 41.9 Å². The fourth-order valence-corrected chi connectivity index (χ4v) is 2.53. The van der Waals surface area contributed by atoms with Crippen molar-refractivity contribution in [3.05, 3.63) is 71.6 Å². The number of rotatable bonds is 8. The minimum atomic E-state index is -1.13. The molecule has 0 aliphatic rings. The summed E-state index contributed by atoms with van der Waals surface area (Å²) in [5.41, 5.74) is 12.8. The highest BCUT2D eigenvalue weighted by atomic mass is 16.2. The van der Waals surface area contributed by atoms with E-state index in [-0.39, 0.29) is 17.7 Å². The van der Waals surface area contributed by atoms with E-state index in [2.05, 4.69) is 15.3 Å². The quantitative estimate of drug-likeness (QED) is 0.342. The predicted molar refractivity (Wildman–Crippen MR) is 106 cm³/mol. The van der Waals surface area contributed by atoms with Crippen LogP contribution < -0.4 is 16.8 Å². The fraction of sp³-hybridized carbons (Fsp3) is 0.150. The van der Waals surface area contributed by atoms with Crippen molar-refractivity contribution >= 4 is 29.5 Å². The van der Waals surface area contributed by atoms with Crippen molar-refractivity contribution in [2.45, 2.75) is 12.5 Å². The van der Waals surface area contributed by atoms with Crippen LogP contribution in [0.25, 0.3) is 5.70 Å². The molecule has 0 fully saturated rings. The van der Waals surface area contributed by atoms with Crippen LogP contribution in [0.2, 0.25) is 0 Å². The van der Waals surface area contributed by atoms with Crippen molar-refractivity contribution < 1.29 is 14.4 Å². The maximum Gasteiger partial charge on any atom is 0.287 e. The second-order valence-corrected chi connectivity index (χ2v) is 5.89. The van der Waals surface area contributed by atoms with E-state index >= 15 is 0 Å². The summed E-state index contributed by atoms with van der Waals surface area (Å²) in [6, 6.07) is 11.1. The number of benzene rings is 1. The smallest absolute Gasteiger partial charge is 0.287 e. The number of aromatic nitrogens is 1. The van der Waals surface area contributed by atoms with E-state index < -0.39 is 23.6 Å². The van der Waals surface area contributed by atoms with Gasteiger partial charge in [0.1, 0.15) is 6.04 Å². The van der Waals surface area contributed by atoms with Crippen molar-refractivity contribution in [1.82, 2.24) is 10.3 Å². The lowest BCUT2D eigenvalue weighted by Crippen LogP contribution is -2.48. The van der Waals surface area contributed by atoms with Crippen LogP contribution in [0, 0.1) is 0 Å². The van der Waals surface area contributed by atoms with Gasteiger partial charge in [-0.3, -0.25) is 24.4 Å². The highest BCUT2D eigenvalue weighted by Crippen LogP contribution is 2.13. The minimum absolute atomic E-state index is 0.0593. The number of aliphatic imine (C=N–C) groups is 1. The highest BCUT2D eigenvalue weighted by molar-refractivity contribution is 6.38. The van der Waals surface area contributed by atoms with Gasteiger partial charge in [-0.2, -0.15) is 0 Å². The lowest BCUT2D eigenvalue weighted by molar-refractivity contribution is -0.138. The Kier molecular flexibility index (Phi) is 7.15. The summed E-state index contributed by atoms with van der Waals surface area (Å²) < 4.78 is 0. The van der Waals surface area contributed by atoms with E-state index in [4.69, 9.17) is 11.5 Å². The number of nitrogens with zero attached hydrogens (tertiary/aromatic N) is 2. The fourth-order valence-electron chi connectivity index (χ4n) is 2.53. The summed E-state index contributed by atoms with van der Waals surface area (Å²) in [5.74, 6) is -2.67. The van der Waals surface area contributed by atoms with E-state index in [0.29, 0.717) is 5.56 Å². The lowest BCUT2D eigenvalue weighted by atomic mass is 10.0. The number of hydrogen-bond donors (Lipinski definition) is 3. The molecule has 28 heavy (non-hydrogen) atoms. The van der Waals surface area contributed by atoms with Crippen molar-refractivity contribution in [2.75, 3.05) is 7.05 Å². The molecule has 1 atom stereocenters. The third-order valence-corrected chi connectivity index (χ3v) is 3.93. The molecule has 2 rings (SSSR count). The molecule has 1 aromatic carbocycles. The number of nitrogens with two attached hydrogens (primary N) is 2. The van der Waals surface area contributed by atoms with Crippen LogP contribution in [0.3, 0.4) is 0 Å². The van der Waals surface area contributed by atoms with E-state index in [1.165, 1.54) is 25.7 Å². The SMILES string of the molecule is CN=CC(C(=O)NC(Cc1ccccc1)C(=O)C(N)=O)=C(N)c1ccncc1. The van der Waals surface area contributed by atoms with Gasteiger partial charge in [0.25, 0.3) is 11.8 Å². The molecule has 5 N–H and O–H groups in total. The zero-order valence-corrected chi connectivity index (χ0v) is 15.3. The Bertz CT molecular complexity index is 908. The molecule has 8 heteroatoms. The number of carbonyl (C=O) groups excluding carboxylic acids is 3. The van der Waals surface area contributed by atoms with Crippen LogP contribution >= 0.6 is 0 Å². The summed E-state index contributed by atoms with van der Waals surface area (Å²) in [4.78, 5) is 44.2. The maximum absolute atomic E-state index is 12.8. The molecule has 0 aliphatic heterocycles. The van der Waals surface area contributed by atoms with Crippen LogP contribution in [0.15, 0.2) is 65.4 Å². The molecule has 2 amide bonds. The van der Waals surface area contributed by atoms with Crippen molar-refractivity contribution in [3.8, 4) is 0 Å².